The van der Waals surface area contributed by atoms with E-state index in [-0.39, 0.29) is 5.56 Å². The van der Waals surface area contributed by atoms with Crippen LogP contribution in [-0.2, 0) is 6.18 Å². The monoisotopic (exact) mass is 265 g/mol. The van der Waals surface area contributed by atoms with Gasteiger partial charge in [-0.3, -0.25) is 9.78 Å². The fourth-order valence-electron chi connectivity index (χ4n) is 1.69. The first kappa shape index (κ1) is 13.3. The topological polar surface area (TPSA) is 30.0 Å². The molecule has 0 radical (unpaired) electrons. The normalized spacial score (nSPS) is 11.4. The minimum atomic E-state index is -4.46. The van der Waals surface area contributed by atoms with Gasteiger partial charge in [-0.05, 0) is 30.7 Å². The maximum Gasteiger partial charge on any atom is 0.416 e. The van der Waals surface area contributed by atoms with Crippen molar-refractivity contribution in [2.45, 2.75) is 13.1 Å². The van der Waals surface area contributed by atoms with Crippen molar-refractivity contribution < 1.29 is 18.0 Å². The lowest BCUT2D eigenvalue weighted by molar-refractivity contribution is -0.137. The van der Waals surface area contributed by atoms with E-state index in [9.17, 15) is 18.0 Å². The molecule has 2 nitrogen and oxygen atoms in total. The Hall–Kier alpha value is -2.17. The number of carbonyl (C=O) groups excluding carboxylic acids is 1. The molecular weight excluding hydrogens is 255 g/mol. The fourth-order valence-corrected chi connectivity index (χ4v) is 1.69. The Balaban J connectivity index is 2.43. The van der Waals surface area contributed by atoms with E-state index in [2.05, 4.69) is 4.98 Å². The standard InChI is InChI=1S/C14H10F3NO/c1-9-5-6-18-8-12(9)13(19)10-3-2-4-11(7-10)14(15,16)17/h2-8H,1H3. The van der Waals surface area contributed by atoms with Gasteiger partial charge in [-0.15, -0.1) is 0 Å². The van der Waals surface area contributed by atoms with Crippen LogP contribution >= 0.6 is 0 Å². The molecular formula is C14H10F3NO. The number of nitrogens with zero attached hydrogens (tertiary/aromatic N) is 1. The third kappa shape index (κ3) is 2.81. The van der Waals surface area contributed by atoms with Gasteiger partial charge in [0.15, 0.2) is 5.78 Å². The van der Waals surface area contributed by atoms with Gasteiger partial charge in [0.25, 0.3) is 0 Å². The highest BCUT2D eigenvalue weighted by atomic mass is 19.4. The summed E-state index contributed by atoms with van der Waals surface area (Å²) in [5.41, 5.74) is 0.157. The van der Waals surface area contributed by atoms with Crippen LogP contribution < -0.4 is 0 Å². The molecule has 0 bridgehead atoms. The van der Waals surface area contributed by atoms with Crippen molar-refractivity contribution in [3.05, 3.63) is 65.0 Å². The summed E-state index contributed by atoms with van der Waals surface area (Å²) in [4.78, 5) is 16.0. The summed E-state index contributed by atoms with van der Waals surface area (Å²) in [5, 5.41) is 0. The third-order valence-corrected chi connectivity index (χ3v) is 2.74. The predicted molar refractivity (Wildman–Crippen MR) is 63.9 cm³/mol. The second-order valence-electron chi connectivity index (χ2n) is 4.10. The lowest BCUT2D eigenvalue weighted by atomic mass is 9.99. The zero-order chi connectivity index (χ0) is 14.0. The highest BCUT2D eigenvalue weighted by molar-refractivity contribution is 6.09. The minimum absolute atomic E-state index is 0.00549. The molecule has 1 aromatic heterocycles. The van der Waals surface area contributed by atoms with Crippen LogP contribution in [0.3, 0.4) is 0 Å². The molecule has 98 valence electrons. The van der Waals surface area contributed by atoms with Crippen molar-refractivity contribution in [3.63, 3.8) is 0 Å². The quantitative estimate of drug-likeness (QED) is 0.776. The van der Waals surface area contributed by atoms with E-state index in [1.807, 2.05) is 0 Å². The predicted octanol–water partition coefficient (Wildman–Crippen LogP) is 3.64. The zero-order valence-corrected chi connectivity index (χ0v) is 10.0. The maximum atomic E-state index is 12.6. The Morgan fingerprint density at radius 2 is 1.95 bits per heavy atom. The van der Waals surface area contributed by atoms with Crippen molar-refractivity contribution in [1.82, 2.24) is 4.98 Å². The van der Waals surface area contributed by atoms with Gasteiger partial charge in [0, 0.05) is 23.5 Å². The van der Waals surface area contributed by atoms with Crippen LogP contribution in [-0.4, -0.2) is 10.8 Å². The smallest absolute Gasteiger partial charge is 0.289 e. The number of ketones is 1. The molecule has 1 aromatic carbocycles. The molecule has 0 saturated heterocycles. The number of alkyl halides is 3. The molecule has 1 heterocycles. The minimum Gasteiger partial charge on any atom is -0.289 e. The van der Waals surface area contributed by atoms with E-state index >= 15 is 0 Å². The Morgan fingerprint density at radius 1 is 1.21 bits per heavy atom. The molecule has 0 fully saturated rings. The van der Waals surface area contributed by atoms with E-state index in [4.69, 9.17) is 0 Å². The van der Waals surface area contributed by atoms with Gasteiger partial charge >= 0.3 is 6.18 Å². The molecule has 0 unspecified atom stereocenters. The van der Waals surface area contributed by atoms with Crippen molar-refractivity contribution in [3.8, 4) is 0 Å². The van der Waals surface area contributed by atoms with Crippen molar-refractivity contribution in [2.24, 2.45) is 0 Å². The van der Waals surface area contributed by atoms with E-state index < -0.39 is 17.5 Å². The van der Waals surface area contributed by atoms with E-state index in [0.29, 0.717) is 11.1 Å². The third-order valence-electron chi connectivity index (χ3n) is 2.74. The molecule has 0 saturated carbocycles. The lowest BCUT2D eigenvalue weighted by Gasteiger charge is -2.09. The van der Waals surface area contributed by atoms with Gasteiger partial charge in [-0.25, -0.2) is 0 Å². The van der Waals surface area contributed by atoms with Crippen LogP contribution in [0.25, 0.3) is 0 Å². The van der Waals surface area contributed by atoms with Gasteiger partial charge in [0.1, 0.15) is 0 Å². The average Bonchev–Trinajstić information content (AvgIpc) is 2.38. The molecule has 5 heteroatoms. The highest BCUT2D eigenvalue weighted by Gasteiger charge is 2.31. The first-order valence-corrected chi connectivity index (χ1v) is 5.52. The van der Waals surface area contributed by atoms with Crippen LogP contribution in [0, 0.1) is 6.92 Å². The Morgan fingerprint density at radius 3 is 2.58 bits per heavy atom. The molecule has 0 amide bonds. The molecule has 0 spiro atoms. The number of aromatic nitrogens is 1. The van der Waals surface area contributed by atoms with Gasteiger partial charge in [-0.2, -0.15) is 13.2 Å². The van der Waals surface area contributed by atoms with Gasteiger partial charge in [-0.1, -0.05) is 12.1 Å². The lowest BCUT2D eigenvalue weighted by Crippen LogP contribution is -2.09. The van der Waals surface area contributed by atoms with Crippen LogP contribution in [0.4, 0.5) is 13.2 Å². The summed E-state index contributed by atoms with van der Waals surface area (Å²) in [6.45, 7) is 1.71. The molecule has 19 heavy (non-hydrogen) atoms. The van der Waals surface area contributed by atoms with E-state index in [1.165, 1.54) is 24.5 Å². The Labute approximate surface area is 107 Å². The molecule has 0 aliphatic rings. The van der Waals surface area contributed by atoms with E-state index in [1.54, 1.807) is 13.0 Å². The first-order chi connectivity index (χ1) is 8.89. The number of hydrogen-bond donors (Lipinski definition) is 0. The SMILES string of the molecule is Cc1ccncc1C(=O)c1cccc(C(F)(F)F)c1. The van der Waals surface area contributed by atoms with Gasteiger partial charge < -0.3 is 0 Å². The number of halogens is 3. The summed E-state index contributed by atoms with van der Waals surface area (Å²) >= 11 is 0. The van der Waals surface area contributed by atoms with Crippen LogP contribution in [0.1, 0.15) is 27.0 Å². The number of aryl methyl sites for hydroxylation is 1. The summed E-state index contributed by atoms with van der Waals surface area (Å²) in [7, 11) is 0. The number of pyridine rings is 1. The van der Waals surface area contributed by atoms with Crippen molar-refractivity contribution in [2.75, 3.05) is 0 Å². The fraction of sp³-hybridized carbons (Fsp3) is 0.143. The van der Waals surface area contributed by atoms with Crippen molar-refractivity contribution in [1.29, 1.82) is 0 Å². The van der Waals surface area contributed by atoms with Crippen LogP contribution in [0.15, 0.2) is 42.7 Å². The number of carbonyl (C=O) groups is 1. The Kier molecular flexibility index (Phi) is 3.38. The van der Waals surface area contributed by atoms with Gasteiger partial charge in [0.2, 0.25) is 0 Å². The number of hydrogen-bond acceptors (Lipinski definition) is 2. The molecule has 0 aliphatic carbocycles. The first-order valence-electron chi connectivity index (χ1n) is 5.52. The second-order valence-corrected chi connectivity index (χ2v) is 4.10. The summed E-state index contributed by atoms with van der Waals surface area (Å²) in [6, 6.07) is 6.02. The molecule has 0 atom stereocenters. The summed E-state index contributed by atoms with van der Waals surface area (Å²) in [6.07, 6.45) is -1.57. The average molecular weight is 265 g/mol. The summed E-state index contributed by atoms with van der Waals surface area (Å²) < 4.78 is 37.8. The maximum absolute atomic E-state index is 12.6. The Bertz CT molecular complexity index is 620. The largest absolute Gasteiger partial charge is 0.416 e. The number of benzene rings is 1. The van der Waals surface area contributed by atoms with E-state index in [0.717, 1.165) is 12.1 Å². The van der Waals surface area contributed by atoms with Crippen LogP contribution in [0.2, 0.25) is 0 Å². The second kappa shape index (κ2) is 4.84. The zero-order valence-electron chi connectivity index (χ0n) is 10.0. The summed E-state index contributed by atoms with van der Waals surface area (Å²) in [5.74, 6) is -0.461. The van der Waals surface area contributed by atoms with Crippen molar-refractivity contribution >= 4 is 5.78 Å². The highest BCUT2D eigenvalue weighted by Crippen LogP contribution is 2.30. The van der Waals surface area contributed by atoms with Gasteiger partial charge in [0.05, 0.1) is 5.56 Å². The number of rotatable bonds is 2. The molecule has 0 N–H and O–H groups in total. The molecule has 2 aromatic rings. The molecule has 0 aliphatic heterocycles. The van der Waals surface area contributed by atoms with Crippen LogP contribution in [0.5, 0.6) is 0 Å². The molecule has 2 rings (SSSR count).